The number of anilines is 1. The number of carbonyl (C=O) groups is 1. The van der Waals surface area contributed by atoms with Gasteiger partial charge in [0.2, 0.25) is 0 Å². The minimum absolute atomic E-state index is 0.207. The highest BCUT2D eigenvalue weighted by Crippen LogP contribution is 2.27. The van der Waals surface area contributed by atoms with E-state index in [-0.39, 0.29) is 5.41 Å². The topological polar surface area (TPSA) is 76.4 Å². The maximum atomic E-state index is 11.2. The fraction of sp³-hybridized carbons (Fsp3) is 0.238. The van der Waals surface area contributed by atoms with E-state index in [1.165, 1.54) is 0 Å². The van der Waals surface area contributed by atoms with Crippen molar-refractivity contribution in [3.63, 3.8) is 0 Å². The molecule has 0 radical (unpaired) electrons. The zero-order chi connectivity index (χ0) is 19.4. The van der Waals surface area contributed by atoms with E-state index in [1.807, 2.05) is 75.4 Å². The molecule has 2 aromatic carbocycles. The molecule has 3 rings (SSSR count). The molecule has 6 nitrogen and oxygen atoms in total. The minimum atomic E-state index is -1.13. The van der Waals surface area contributed by atoms with Gasteiger partial charge < -0.3 is 9.84 Å². The Morgan fingerprint density at radius 2 is 1.85 bits per heavy atom. The van der Waals surface area contributed by atoms with Gasteiger partial charge in [0.1, 0.15) is 18.2 Å². The smallest absolute Gasteiger partial charge is 0.410 e. The first kappa shape index (κ1) is 18.5. The second kappa shape index (κ2) is 7.53. The lowest BCUT2D eigenvalue weighted by atomic mass is 9.92. The number of nitrogens with one attached hydrogen (secondary N) is 1. The highest BCUT2D eigenvalue weighted by Gasteiger charge is 2.21. The second-order valence-electron chi connectivity index (χ2n) is 7.28. The maximum absolute atomic E-state index is 11.2. The van der Waals surface area contributed by atoms with Gasteiger partial charge in [-0.2, -0.15) is 5.10 Å². The number of rotatable bonds is 5. The van der Waals surface area contributed by atoms with Crippen LogP contribution in [0.4, 0.5) is 10.6 Å². The summed E-state index contributed by atoms with van der Waals surface area (Å²) < 4.78 is 7.46. The molecule has 3 aromatic rings. The van der Waals surface area contributed by atoms with Crippen molar-refractivity contribution >= 4 is 11.9 Å². The molecule has 1 aromatic heterocycles. The van der Waals surface area contributed by atoms with Gasteiger partial charge in [-0.1, -0.05) is 57.2 Å². The van der Waals surface area contributed by atoms with Crippen molar-refractivity contribution in [1.29, 1.82) is 0 Å². The number of aromatic nitrogens is 2. The van der Waals surface area contributed by atoms with Crippen molar-refractivity contribution in [2.45, 2.75) is 32.8 Å². The third-order valence-electron chi connectivity index (χ3n) is 4.02. The van der Waals surface area contributed by atoms with E-state index in [0.29, 0.717) is 18.2 Å². The van der Waals surface area contributed by atoms with Crippen LogP contribution in [0.25, 0.3) is 5.69 Å². The predicted octanol–water partition coefficient (Wildman–Crippen LogP) is 4.84. The predicted molar refractivity (Wildman–Crippen MR) is 105 cm³/mol. The molecule has 0 fully saturated rings. The molecule has 27 heavy (non-hydrogen) atoms. The van der Waals surface area contributed by atoms with Crippen LogP contribution in [-0.2, 0) is 12.0 Å². The van der Waals surface area contributed by atoms with E-state index >= 15 is 0 Å². The molecule has 0 aliphatic heterocycles. The summed E-state index contributed by atoms with van der Waals surface area (Å²) >= 11 is 0. The van der Waals surface area contributed by atoms with Crippen LogP contribution in [0.2, 0.25) is 0 Å². The molecule has 0 aliphatic rings. The molecule has 0 spiro atoms. The van der Waals surface area contributed by atoms with Gasteiger partial charge in [0.15, 0.2) is 0 Å². The van der Waals surface area contributed by atoms with Crippen molar-refractivity contribution in [2.75, 3.05) is 5.32 Å². The fourth-order valence-corrected chi connectivity index (χ4v) is 2.59. The molecule has 0 saturated carbocycles. The maximum Gasteiger partial charge on any atom is 0.410 e. The third-order valence-corrected chi connectivity index (χ3v) is 4.02. The van der Waals surface area contributed by atoms with Crippen LogP contribution < -0.4 is 10.1 Å². The quantitative estimate of drug-likeness (QED) is 0.678. The van der Waals surface area contributed by atoms with Gasteiger partial charge in [-0.05, 0) is 17.7 Å². The summed E-state index contributed by atoms with van der Waals surface area (Å²) in [7, 11) is 0. The van der Waals surface area contributed by atoms with Crippen LogP contribution in [0.3, 0.4) is 0 Å². The van der Waals surface area contributed by atoms with E-state index in [1.54, 1.807) is 10.7 Å². The van der Waals surface area contributed by atoms with Gasteiger partial charge in [-0.3, -0.25) is 5.32 Å². The zero-order valence-corrected chi connectivity index (χ0v) is 15.6. The Bertz CT molecular complexity index is 927. The Morgan fingerprint density at radius 1 is 1.11 bits per heavy atom. The van der Waals surface area contributed by atoms with E-state index in [0.717, 1.165) is 16.9 Å². The number of nitrogens with zero attached hydrogens (tertiary/aromatic N) is 2. The summed E-state index contributed by atoms with van der Waals surface area (Å²) in [5.74, 6) is 1.08. The standard InChI is InChI=1S/C21H23N3O3/c1-21(2,3)18-13-19(22-20(25)26)24(23-18)16-10-7-11-17(12-16)27-14-15-8-5-4-6-9-15/h4-13,22H,14H2,1-3H3,(H,25,26). The van der Waals surface area contributed by atoms with Crippen LogP contribution in [0.15, 0.2) is 60.7 Å². The average Bonchev–Trinajstić information content (AvgIpc) is 3.05. The molecule has 140 valence electrons. The Labute approximate surface area is 158 Å². The van der Waals surface area contributed by atoms with Crippen molar-refractivity contribution in [1.82, 2.24) is 9.78 Å². The van der Waals surface area contributed by atoms with Gasteiger partial charge in [-0.15, -0.1) is 0 Å². The Morgan fingerprint density at radius 3 is 2.52 bits per heavy atom. The number of benzene rings is 2. The Balaban J connectivity index is 1.89. The largest absolute Gasteiger partial charge is 0.489 e. The van der Waals surface area contributed by atoms with Gasteiger partial charge in [0, 0.05) is 17.5 Å². The minimum Gasteiger partial charge on any atom is -0.489 e. The molecule has 6 heteroatoms. The van der Waals surface area contributed by atoms with Crippen molar-refractivity contribution in [3.8, 4) is 11.4 Å². The summed E-state index contributed by atoms with van der Waals surface area (Å²) in [6.07, 6.45) is -1.13. The van der Waals surface area contributed by atoms with Crippen molar-refractivity contribution in [2.24, 2.45) is 0 Å². The molecule has 1 amide bonds. The van der Waals surface area contributed by atoms with E-state index in [9.17, 15) is 4.79 Å². The normalized spacial score (nSPS) is 11.2. The van der Waals surface area contributed by atoms with E-state index in [4.69, 9.17) is 9.84 Å². The van der Waals surface area contributed by atoms with Crippen LogP contribution in [0.5, 0.6) is 5.75 Å². The first-order valence-electron chi connectivity index (χ1n) is 8.70. The molecule has 0 unspecified atom stereocenters. The number of ether oxygens (including phenoxy) is 1. The van der Waals surface area contributed by atoms with Gasteiger partial charge in [0.25, 0.3) is 0 Å². The average molecular weight is 365 g/mol. The summed E-state index contributed by atoms with van der Waals surface area (Å²) in [6.45, 7) is 6.55. The Hall–Kier alpha value is -3.28. The van der Waals surface area contributed by atoms with Crippen LogP contribution in [-0.4, -0.2) is 21.0 Å². The van der Waals surface area contributed by atoms with Gasteiger partial charge in [0.05, 0.1) is 11.4 Å². The Kier molecular flexibility index (Phi) is 5.16. The molecule has 0 aliphatic carbocycles. The molecule has 2 N–H and O–H groups in total. The molecule has 0 atom stereocenters. The van der Waals surface area contributed by atoms with Crippen molar-refractivity contribution < 1.29 is 14.6 Å². The van der Waals surface area contributed by atoms with Crippen molar-refractivity contribution in [3.05, 3.63) is 71.9 Å². The van der Waals surface area contributed by atoms with E-state index in [2.05, 4.69) is 10.4 Å². The number of carboxylic acid groups (broad SMARTS) is 1. The number of hydrogen-bond donors (Lipinski definition) is 2. The van der Waals surface area contributed by atoms with E-state index < -0.39 is 6.09 Å². The van der Waals surface area contributed by atoms with Gasteiger partial charge in [-0.25, -0.2) is 9.48 Å². The summed E-state index contributed by atoms with van der Waals surface area (Å²) in [5.41, 5.74) is 2.38. The van der Waals surface area contributed by atoms with Crippen LogP contribution in [0, 0.1) is 0 Å². The number of hydrogen-bond acceptors (Lipinski definition) is 3. The lowest BCUT2D eigenvalue weighted by Gasteiger charge is -2.14. The zero-order valence-electron chi connectivity index (χ0n) is 15.6. The first-order chi connectivity index (χ1) is 12.8. The summed E-state index contributed by atoms with van der Waals surface area (Å²) in [4.78, 5) is 11.2. The third kappa shape index (κ3) is 4.67. The SMILES string of the molecule is CC(C)(C)c1cc(NC(=O)O)n(-c2cccc(OCc3ccccc3)c2)n1. The highest BCUT2D eigenvalue weighted by molar-refractivity contribution is 5.82. The molecular weight excluding hydrogens is 342 g/mol. The lowest BCUT2D eigenvalue weighted by molar-refractivity contribution is 0.209. The number of amides is 1. The fourth-order valence-electron chi connectivity index (χ4n) is 2.59. The second-order valence-corrected chi connectivity index (χ2v) is 7.28. The summed E-state index contributed by atoms with van der Waals surface area (Å²) in [6, 6.07) is 19.1. The lowest BCUT2D eigenvalue weighted by Crippen LogP contribution is -2.13. The monoisotopic (exact) mass is 365 g/mol. The summed E-state index contributed by atoms with van der Waals surface area (Å²) in [5, 5.41) is 16.2. The van der Waals surface area contributed by atoms with Gasteiger partial charge >= 0.3 is 6.09 Å². The molecule has 0 saturated heterocycles. The molecule has 0 bridgehead atoms. The first-order valence-corrected chi connectivity index (χ1v) is 8.70. The molecular formula is C21H23N3O3. The van der Waals surface area contributed by atoms with Crippen LogP contribution in [0.1, 0.15) is 32.0 Å². The highest BCUT2D eigenvalue weighted by atomic mass is 16.5. The molecule has 1 heterocycles. The van der Waals surface area contributed by atoms with Crippen LogP contribution >= 0.6 is 0 Å².